The van der Waals surface area contributed by atoms with Gasteiger partial charge in [0.2, 0.25) is 5.91 Å². The van der Waals surface area contributed by atoms with Gasteiger partial charge in [-0.25, -0.2) is 0 Å². The molecule has 1 aliphatic heterocycles. The second-order valence-corrected chi connectivity index (χ2v) is 6.20. The lowest BCUT2D eigenvalue weighted by atomic mass is 9.79. The fourth-order valence-electron chi connectivity index (χ4n) is 3.84. The van der Waals surface area contributed by atoms with E-state index in [-0.39, 0.29) is 11.3 Å². The first-order chi connectivity index (χ1) is 10.7. The Hall–Kier alpha value is -2.60. The Morgan fingerprint density at radius 2 is 1.82 bits per heavy atom. The van der Waals surface area contributed by atoms with Crippen molar-refractivity contribution in [3.05, 3.63) is 53.6 Å². The number of carbonyl (C=O) groups is 1. The molecule has 0 aromatic heterocycles. The summed E-state index contributed by atoms with van der Waals surface area (Å²) < 4.78 is 0. The van der Waals surface area contributed by atoms with Crippen LogP contribution in [0.3, 0.4) is 0 Å². The van der Waals surface area contributed by atoms with E-state index in [2.05, 4.69) is 17.5 Å². The van der Waals surface area contributed by atoms with Crippen LogP contribution in [-0.2, 0) is 10.2 Å². The van der Waals surface area contributed by atoms with Gasteiger partial charge in [-0.1, -0.05) is 31.0 Å². The van der Waals surface area contributed by atoms with Crippen molar-refractivity contribution in [2.75, 3.05) is 5.32 Å². The Balaban J connectivity index is 1.84. The Kier molecular flexibility index (Phi) is 2.80. The van der Waals surface area contributed by atoms with Crippen molar-refractivity contribution in [3.8, 4) is 17.2 Å². The molecule has 0 unspecified atom stereocenters. The van der Waals surface area contributed by atoms with Gasteiger partial charge in [-0.2, -0.15) is 5.26 Å². The maximum atomic E-state index is 12.4. The van der Waals surface area contributed by atoms with Crippen LogP contribution in [0.1, 0.15) is 36.8 Å². The van der Waals surface area contributed by atoms with Crippen LogP contribution in [0.5, 0.6) is 0 Å². The van der Waals surface area contributed by atoms with E-state index in [4.69, 9.17) is 5.26 Å². The van der Waals surface area contributed by atoms with Crippen molar-refractivity contribution >= 4 is 11.6 Å². The summed E-state index contributed by atoms with van der Waals surface area (Å²) in [5.74, 6) is 0.155. The van der Waals surface area contributed by atoms with Gasteiger partial charge in [0.05, 0.1) is 17.0 Å². The summed E-state index contributed by atoms with van der Waals surface area (Å²) >= 11 is 0. The van der Waals surface area contributed by atoms with E-state index in [1.165, 1.54) is 0 Å². The fourth-order valence-corrected chi connectivity index (χ4v) is 3.84. The molecule has 108 valence electrons. The lowest BCUT2D eigenvalue weighted by Crippen LogP contribution is -2.30. The van der Waals surface area contributed by atoms with Gasteiger partial charge >= 0.3 is 0 Å². The third-order valence-electron chi connectivity index (χ3n) is 5.00. The minimum absolute atomic E-state index is 0.155. The summed E-state index contributed by atoms with van der Waals surface area (Å²) in [7, 11) is 0. The molecule has 3 nitrogen and oxygen atoms in total. The van der Waals surface area contributed by atoms with Gasteiger partial charge < -0.3 is 5.32 Å². The van der Waals surface area contributed by atoms with E-state index in [1.54, 1.807) is 6.07 Å². The molecule has 0 radical (unpaired) electrons. The second kappa shape index (κ2) is 4.71. The van der Waals surface area contributed by atoms with Crippen LogP contribution in [-0.4, -0.2) is 5.91 Å². The third kappa shape index (κ3) is 1.77. The normalized spacial score (nSPS) is 18.0. The largest absolute Gasteiger partial charge is 0.325 e. The predicted octanol–water partition coefficient (Wildman–Crippen LogP) is 3.99. The predicted molar refractivity (Wildman–Crippen MR) is 85.4 cm³/mol. The smallest absolute Gasteiger partial charge is 0.235 e. The molecule has 2 aromatic carbocycles. The maximum Gasteiger partial charge on any atom is 0.235 e. The molecule has 0 saturated heterocycles. The molecule has 22 heavy (non-hydrogen) atoms. The highest BCUT2D eigenvalue weighted by Gasteiger charge is 2.48. The van der Waals surface area contributed by atoms with Crippen molar-refractivity contribution in [2.45, 2.75) is 31.1 Å². The zero-order valence-corrected chi connectivity index (χ0v) is 12.2. The SMILES string of the molecule is N#Cc1cccc(-c2ccc3c(c2)C2(CCCC2)C(=O)N3)c1. The summed E-state index contributed by atoms with van der Waals surface area (Å²) in [6.45, 7) is 0. The number of nitrogens with one attached hydrogen (secondary N) is 1. The number of nitriles is 1. The fraction of sp³-hybridized carbons (Fsp3) is 0.263. The Labute approximate surface area is 129 Å². The lowest BCUT2D eigenvalue weighted by Gasteiger charge is -2.21. The molecule has 3 heteroatoms. The van der Waals surface area contributed by atoms with Gasteiger partial charge in [0, 0.05) is 5.69 Å². The lowest BCUT2D eigenvalue weighted by molar-refractivity contribution is -0.120. The van der Waals surface area contributed by atoms with E-state index in [1.807, 2.05) is 30.3 Å². The number of amides is 1. The summed E-state index contributed by atoms with van der Waals surface area (Å²) in [5, 5.41) is 12.1. The Morgan fingerprint density at radius 3 is 2.59 bits per heavy atom. The van der Waals surface area contributed by atoms with E-state index < -0.39 is 0 Å². The van der Waals surface area contributed by atoms with Gasteiger partial charge in [0.15, 0.2) is 0 Å². The molecule has 2 aliphatic rings. The van der Waals surface area contributed by atoms with Gasteiger partial charge in [0.1, 0.15) is 0 Å². The molecular formula is C19H16N2O. The van der Waals surface area contributed by atoms with E-state index in [9.17, 15) is 4.79 Å². The quantitative estimate of drug-likeness (QED) is 0.862. The monoisotopic (exact) mass is 288 g/mol. The topological polar surface area (TPSA) is 52.9 Å². The van der Waals surface area contributed by atoms with Crippen LogP contribution in [0.4, 0.5) is 5.69 Å². The molecule has 1 amide bonds. The molecule has 2 aromatic rings. The van der Waals surface area contributed by atoms with Crippen LogP contribution < -0.4 is 5.32 Å². The van der Waals surface area contributed by atoms with Crippen molar-refractivity contribution in [1.29, 1.82) is 5.26 Å². The number of benzene rings is 2. The highest BCUT2D eigenvalue weighted by Crippen LogP contribution is 2.49. The molecule has 0 atom stereocenters. The zero-order valence-electron chi connectivity index (χ0n) is 12.2. The average Bonchev–Trinajstić information content (AvgIpc) is 3.15. The zero-order chi connectivity index (χ0) is 15.2. The first-order valence-corrected chi connectivity index (χ1v) is 7.69. The average molecular weight is 288 g/mol. The molecule has 1 N–H and O–H groups in total. The van der Waals surface area contributed by atoms with Crippen LogP contribution in [0.15, 0.2) is 42.5 Å². The minimum atomic E-state index is -0.321. The van der Waals surface area contributed by atoms with E-state index in [0.717, 1.165) is 48.1 Å². The Morgan fingerprint density at radius 1 is 1.05 bits per heavy atom. The number of carbonyl (C=O) groups excluding carboxylic acids is 1. The highest BCUT2D eigenvalue weighted by molar-refractivity contribution is 6.07. The summed E-state index contributed by atoms with van der Waals surface area (Å²) in [6, 6.07) is 15.9. The number of nitrogens with zero attached hydrogens (tertiary/aromatic N) is 1. The van der Waals surface area contributed by atoms with Crippen LogP contribution >= 0.6 is 0 Å². The summed E-state index contributed by atoms with van der Waals surface area (Å²) in [6.07, 6.45) is 4.10. The number of fused-ring (bicyclic) bond motifs is 2. The van der Waals surface area contributed by atoms with Gasteiger partial charge in [-0.05, 0) is 53.8 Å². The maximum absolute atomic E-state index is 12.4. The van der Waals surface area contributed by atoms with Gasteiger partial charge in [-0.15, -0.1) is 0 Å². The molecule has 1 heterocycles. The standard InChI is InChI=1S/C19H16N2O/c20-12-13-4-3-5-14(10-13)15-6-7-17-16(11-15)19(18(22)21-17)8-1-2-9-19/h3-7,10-11H,1-2,8-9H2,(H,21,22). The summed E-state index contributed by atoms with van der Waals surface area (Å²) in [5.41, 5.74) is 4.51. The van der Waals surface area contributed by atoms with Crippen molar-refractivity contribution in [2.24, 2.45) is 0 Å². The molecule has 1 aliphatic carbocycles. The molecule has 0 bridgehead atoms. The Bertz CT molecular complexity index is 810. The minimum Gasteiger partial charge on any atom is -0.325 e. The van der Waals surface area contributed by atoms with Crippen LogP contribution in [0.25, 0.3) is 11.1 Å². The number of hydrogen-bond donors (Lipinski definition) is 1. The highest BCUT2D eigenvalue weighted by atomic mass is 16.2. The van der Waals surface area contributed by atoms with E-state index in [0.29, 0.717) is 5.56 Å². The van der Waals surface area contributed by atoms with Gasteiger partial charge in [-0.3, -0.25) is 4.79 Å². The molecular weight excluding hydrogens is 272 g/mol. The van der Waals surface area contributed by atoms with Crippen LogP contribution in [0.2, 0.25) is 0 Å². The number of rotatable bonds is 1. The van der Waals surface area contributed by atoms with Gasteiger partial charge in [0.25, 0.3) is 0 Å². The number of anilines is 1. The van der Waals surface area contributed by atoms with Crippen LogP contribution in [0, 0.1) is 11.3 Å². The second-order valence-electron chi connectivity index (χ2n) is 6.20. The first kappa shape index (κ1) is 13.1. The van der Waals surface area contributed by atoms with Crippen molar-refractivity contribution in [1.82, 2.24) is 0 Å². The van der Waals surface area contributed by atoms with Crippen molar-refractivity contribution in [3.63, 3.8) is 0 Å². The number of hydrogen-bond acceptors (Lipinski definition) is 2. The first-order valence-electron chi connectivity index (χ1n) is 7.69. The molecule has 4 rings (SSSR count). The van der Waals surface area contributed by atoms with E-state index >= 15 is 0 Å². The third-order valence-corrected chi connectivity index (χ3v) is 5.00. The molecule has 1 spiro atoms. The molecule has 1 fully saturated rings. The molecule has 1 saturated carbocycles. The van der Waals surface area contributed by atoms with Crippen molar-refractivity contribution < 1.29 is 4.79 Å². The summed E-state index contributed by atoms with van der Waals surface area (Å²) in [4.78, 5) is 12.4.